The lowest BCUT2D eigenvalue weighted by atomic mass is 9.33. The van der Waals surface area contributed by atoms with Crippen molar-refractivity contribution in [1.29, 1.82) is 0 Å². The minimum atomic E-state index is -0.270. The number of hydrogen-bond acceptors (Lipinski definition) is 2. The zero-order chi connectivity index (χ0) is 63.0. The Hall–Kier alpha value is -6.59. The molecular formula is C82H91BBrClN2. The van der Waals surface area contributed by atoms with Crippen molar-refractivity contribution in [3.8, 4) is 44.5 Å². The smallest absolute Gasteiger partial charge is 0.252 e. The van der Waals surface area contributed by atoms with Crippen LogP contribution in [0.25, 0.3) is 44.5 Å². The second kappa shape index (κ2) is 21.6. The Labute approximate surface area is 537 Å². The van der Waals surface area contributed by atoms with E-state index in [1.54, 1.807) is 0 Å². The second-order valence-electron chi connectivity index (χ2n) is 32.3. The van der Waals surface area contributed by atoms with Gasteiger partial charge in [0.15, 0.2) is 0 Å². The highest BCUT2D eigenvalue weighted by Crippen LogP contribution is 2.55. The molecule has 0 fully saturated rings. The van der Waals surface area contributed by atoms with Crippen LogP contribution in [0.5, 0.6) is 0 Å². The average Bonchev–Trinajstić information content (AvgIpc) is 0.694. The molecule has 87 heavy (non-hydrogen) atoms. The van der Waals surface area contributed by atoms with E-state index in [0.29, 0.717) is 5.02 Å². The first kappa shape index (κ1) is 62.0. The highest BCUT2D eigenvalue weighted by molar-refractivity contribution is 9.10. The molecule has 0 amide bonds. The maximum absolute atomic E-state index is 7.47. The summed E-state index contributed by atoms with van der Waals surface area (Å²) < 4.78 is 1.04. The predicted molar refractivity (Wildman–Crippen MR) is 386 cm³/mol. The summed E-state index contributed by atoms with van der Waals surface area (Å²) in [6.07, 6.45) is 0. The quantitative estimate of drug-likeness (QED) is 0.153. The summed E-state index contributed by atoms with van der Waals surface area (Å²) in [6, 6.07) is 66.6. The van der Waals surface area contributed by atoms with Crippen molar-refractivity contribution in [3.05, 3.63) is 218 Å². The van der Waals surface area contributed by atoms with E-state index in [1.807, 2.05) is 0 Å². The van der Waals surface area contributed by atoms with Gasteiger partial charge in [-0.2, -0.15) is 0 Å². The van der Waals surface area contributed by atoms with Gasteiger partial charge in [-0.15, -0.1) is 0 Å². The Morgan fingerprint density at radius 3 is 0.897 bits per heavy atom. The molecule has 0 radical (unpaired) electrons. The number of nitrogens with zero attached hydrogens (tertiary/aromatic N) is 2. The predicted octanol–water partition coefficient (Wildman–Crippen LogP) is 22.9. The van der Waals surface area contributed by atoms with Gasteiger partial charge in [0, 0.05) is 54.5 Å². The second-order valence-corrected chi connectivity index (χ2v) is 33.7. The highest BCUT2D eigenvalue weighted by Gasteiger charge is 2.46. The Balaban J connectivity index is 1.33. The molecular weight excluding hydrogens is 1140 g/mol. The molecule has 2 aliphatic rings. The first-order valence-electron chi connectivity index (χ1n) is 31.6. The van der Waals surface area contributed by atoms with Crippen molar-refractivity contribution in [1.82, 2.24) is 0 Å². The van der Waals surface area contributed by atoms with Gasteiger partial charge in [0.2, 0.25) is 0 Å². The van der Waals surface area contributed by atoms with Crippen LogP contribution in [0, 0.1) is 0 Å². The number of halogens is 2. The third-order valence-corrected chi connectivity index (χ3v) is 19.2. The molecule has 0 unspecified atom stereocenters. The van der Waals surface area contributed by atoms with Crippen molar-refractivity contribution >= 4 is 84.8 Å². The molecule has 0 aliphatic carbocycles. The van der Waals surface area contributed by atoms with Gasteiger partial charge < -0.3 is 9.80 Å². The summed E-state index contributed by atoms with van der Waals surface area (Å²) in [5, 5.41) is 0.697. The molecule has 446 valence electrons. The standard InChI is InChI=1S/C82H91BBrClN2/c1-76(2,3)54-30-22-50(23-31-54)63-42-58(80(13,14)15)43-64(51-24-32-55(33-25-51)77(4,5)6)74(63)86-69-41-38-61(84)48-68(69)83-67-40-39-62(85)49-70(67)87(72-47-60(82(19,20)21)46-71(86)73(72)83)75-65(52-26-34-56(35-27-52)78(7,8)9)44-59(81(16,17)18)45-66(75)53-28-36-57(37-29-53)79(10,11)12/h22-49H,1-21H3. The Kier molecular flexibility index (Phi) is 15.4. The molecule has 9 aromatic rings. The number of rotatable bonds is 6. The van der Waals surface area contributed by atoms with E-state index in [4.69, 9.17) is 11.6 Å². The van der Waals surface area contributed by atoms with Gasteiger partial charge in [-0.3, -0.25) is 0 Å². The monoisotopic (exact) mass is 1230 g/mol. The Morgan fingerprint density at radius 1 is 0.287 bits per heavy atom. The van der Waals surface area contributed by atoms with E-state index in [2.05, 4.69) is 341 Å². The van der Waals surface area contributed by atoms with Gasteiger partial charge in [-0.1, -0.05) is 282 Å². The van der Waals surface area contributed by atoms with Gasteiger partial charge in [0.1, 0.15) is 0 Å². The Morgan fingerprint density at radius 2 is 0.586 bits per heavy atom. The van der Waals surface area contributed by atoms with Crippen LogP contribution < -0.4 is 26.2 Å². The van der Waals surface area contributed by atoms with Gasteiger partial charge in [0.25, 0.3) is 6.71 Å². The minimum absolute atomic E-state index is 0.0137. The summed E-state index contributed by atoms with van der Waals surface area (Å²) in [4.78, 5) is 5.32. The molecule has 0 saturated carbocycles. The maximum atomic E-state index is 7.47. The molecule has 0 saturated heterocycles. The van der Waals surface area contributed by atoms with E-state index < -0.39 is 0 Å². The number of hydrogen-bond donors (Lipinski definition) is 0. The summed E-state index contributed by atoms with van der Waals surface area (Å²) >= 11 is 11.6. The lowest BCUT2D eigenvalue weighted by Crippen LogP contribution is -2.61. The van der Waals surface area contributed by atoms with E-state index in [9.17, 15) is 0 Å². The largest absolute Gasteiger partial charge is 0.310 e. The molecule has 11 rings (SSSR count). The van der Waals surface area contributed by atoms with Gasteiger partial charge in [-0.25, -0.2) is 0 Å². The van der Waals surface area contributed by atoms with Crippen LogP contribution in [0.1, 0.15) is 184 Å². The first-order valence-corrected chi connectivity index (χ1v) is 32.7. The molecule has 0 aromatic heterocycles. The molecule has 2 aliphatic heterocycles. The highest BCUT2D eigenvalue weighted by atomic mass is 79.9. The summed E-state index contributed by atoms with van der Waals surface area (Å²) in [7, 11) is 0. The maximum Gasteiger partial charge on any atom is 0.252 e. The van der Waals surface area contributed by atoms with Crippen LogP contribution in [0.4, 0.5) is 34.1 Å². The number of anilines is 6. The lowest BCUT2D eigenvalue weighted by Gasteiger charge is -2.46. The summed E-state index contributed by atoms with van der Waals surface area (Å²) in [5.74, 6) is 0. The number of benzene rings is 9. The van der Waals surface area contributed by atoms with Crippen molar-refractivity contribution in [2.45, 2.75) is 183 Å². The van der Waals surface area contributed by atoms with Gasteiger partial charge in [0.05, 0.1) is 11.4 Å². The third-order valence-electron chi connectivity index (χ3n) is 18.5. The topological polar surface area (TPSA) is 6.48 Å². The van der Waals surface area contributed by atoms with Crippen molar-refractivity contribution in [3.63, 3.8) is 0 Å². The SMILES string of the molecule is CC(C)(C)c1ccc(-c2cc(C(C)(C)C)cc(-c3ccc(C(C)(C)C)cc3)c2N2c3ccc(Br)cc3B3c4ccc(Cl)cc4N(c4c(-c5ccc(C(C)(C)C)cc5)cc(C(C)(C)C)cc4-c4ccc(C(C)(C)C)cc4)c4cc(C(C)(C)C)cc2c43)cc1. The van der Waals surface area contributed by atoms with Crippen LogP contribution in [-0.4, -0.2) is 6.71 Å². The zero-order valence-electron chi connectivity index (χ0n) is 55.9. The van der Waals surface area contributed by atoms with Gasteiger partial charge in [-0.05, 0) is 176 Å². The van der Waals surface area contributed by atoms with Crippen molar-refractivity contribution in [2.75, 3.05) is 9.80 Å². The van der Waals surface area contributed by atoms with Crippen LogP contribution in [0.2, 0.25) is 5.02 Å². The molecule has 0 atom stereocenters. The Bertz CT molecular complexity index is 3960. The zero-order valence-corrected chi connectivity index (χ0v) is 58.2. The first-order chi connectivity index (χ1) is 40.4. The molecule has 0 spiro atoms. The fourth-order valence-electron chi connectivity index (χ4n) is 13.0. The molecule has 2 heterocycles. The van der Waals surface area contributed by atoms with Gasteiger partial charge >= 0.3 is 0 Å². The van der Waals surface area contributed by atoms with Crippen LogP contribution in [0.15, 0.2) is 174 Å². The molecule has 9 aromatic carbocycles. The minimum Gasteiger partial charge on any atom is -0.310 e. The van der Waals surface area contributed by atoms with Crippen LogP contribution in [0.3, 0.4) is 0 Å². The van der Waals surface area contributed by atoms with Crippen molar-refractivity contribution in [2.24, 2.45) is 0 Å². The molecule has 5 heteroatoms. The fraction of sp³-hybridized carbons (Fsp3) is 0.341. The van der Waals surface area contributed by atoms with E-state index >= 15 is 0 Å². The number of fused-ring (bicyclic) bond motifs is 4. The van der Waals surface area contributed by atoms with Crippen LogP contribution in [-0.2, 0) is 37.9 Å². The molecule has 2 nitrogen and oxygen atoms in total. The molecule has 0 bridgehead atoms. The average molecular weight is 1230 g/mol. The van der Waals surface area contributed by atoms with E-state index in [-0.39, 0.29) is 44.6 Å². The van der Waals surface area contributed by atoms with E-state index in [0.717, 1.165) is 32.9 Å². The third kappa shape index (κ3) is 11.7. The molecule has 0 N–H and O–H groups in total. The van der Waals surface area contributed by atoms with Crippen molar-refractivity contribution < 1.29 is 0 Å². The van der Waals surface area contributed by atoms with E-state index in [1.165, 1.54) is 106 Å². The van der Waals surface area contributed by atoms with Crippen LogP contribution >= 0.6 is 27.5 Å². The normalized spacial score (nSPS) is 13.9. The summed E-state index contributed by atoms with van der Waals surface area (Å²) in [5.41, 5.74) is 28.3. The fourth-order valence-corrected chi connectivity index (χ4v) is 13.5. The lowest BCUT2D eigenvalue weighted by molar-refractivity contribution is 0.589. The summed E-state index contributed by atoms with van der Waals surface area (Å²) in [6.45, 7) is 48.8.